The molecule has 22 heavy (non-hydrogen) atoms. The summed E-state index contributed by atoms with van der Waals surface area (Å²) in [6, 6.07) is 8.65. The summed E-state index contributed by atoms with van der Waals surface area (Å²) in [5.74, 6) is -1.98. The van der Waals surface area contributed by atoms with Gasteiger partial charge in [0.05, 0.1) is 6.61 Å². The fourth-order valence-electron chi connectivity index (χ4n) is 1.91. The van der Waals surface area contributed by atoms with E-state index < -0.39 is 17.5 Å². The van der Waals surface area contributed by atoms with Crippen molar-refractivity contribution in [1.82, 2.24) is 0 Å². The number of benzene rings is 2. The van der Waals surface area contributed by atoms with Crippen LogP contribution >= 0.6 is 0 Å². The van der Waals surface area contributed by atoms with Crippen LogP contribution in [0.3, 0.4) is 0 Å². The lowest BCUT2D eigenvalue weighted by molar-refractivity contribution is -0.111. The Kier molecular flexibility index (Phi) is 5.01. The predicted octanol–water partition coefficient (Wildman–Crippen LogP) is 3.42. The highest BCUT2D eigenvalue weighted by Crippen LogP contribution is 2.18. The van der Waals surface area contributed by atoms with Gasteiger partial charge in [-0.05, 0) is 42.3 Å². The van der Waals surface area contributed by atoms with Crippen LogP contribution in [0.5, 0.6) is 0 Å². The molecule has 2 aromatic rings. The third kappa shape index (κ3) is 3.77. The second-order valence-electron chi connectivity index (χ2n) is 4.77. The van der Waals surface area contributed by atoms with Crippen LogP contribution in [0.2, 0.25) is 0 Å². The second kappa shape index (κ2) is 6.95. The van der Waals surface area contributed by atoms with Gasteiger partial charge in [-0.15, -0.1) is 0 Å². The first-order valence-electron chi connectivity index (χ1n) is 6.64. The van der Waals surface area contributed by atoms with Gasteiger partial charge in [-0.3, -0.25) is 4.79 Å². The van der Waals surface area contributed by atoms with Crippen LogP contribution in [0.25, 0.3) is 6.08 Å². The Labute approximate surface area is 126 Å². The summed E-state index contributed by atoms with van der Waals surface area (Å²) < 4.78 is 26.9. The molecule has 0 aromatic heterocycles. The van der Waals surface area contributed by atoms with Crippen LogP contribution in [-0.2, 0) is 11.4 Å². The number of nitrogens with one attached hydrogen (secondary N) is 1. The summed E-state index contributed by atoms with van der Waals surface area (Å²) in [7, 11) is 0. The van der Waals surface area contributed by atoms with Crippen molar-refractivity contribution < 1.29 is 18.7 Å². The normalized spacial score (nSPS) is 10.9. The third-order valence-corrected chi connectivity index (χ3v) is 3.14. The number of carbonyl (C=O) groups is 1. The van der Waals surface area contributed by atoms with Crippen molar-refractivity contribution >= 4 is 17.7 Å². The number of aliphatic hydroxyl groups is 1. The lowest BCUT2D eigenvalue weighted by Gasteiger charge is -2.08. The van der Waals surface area contributed by atoms with Gasteiger partial charge in [0.25, 0.3) is 0 Å². The molecule has 2 aromatic carbocycles. The zero-order chi connectivity index (χ0) is 16.1. The van der Waals surface area contributed by atoms with Crippen molar-refractivity contribution in [2.24, 2.45) is 0 Å². The SMILES string of the molecule is Cc1ccc(CO)cc1NC(=O)/C=C/c1c(F)cccc1F. The van der Waals surface area contributed by atoms with E-state index in [1.165, 1.54) is 6.07 Å². The van der Waals surface area contributed by atoms with E-state index in [0.717, 1.165) is 29.8 Å². The minimum absolute atomic E-state index is 0.139. The van der Waals surface area contributed by atoms with E-state index in [1.54, 1.807) is 25.1 Å². The lowest BCUT2D eigenvalue weighted by Crippen LogP contribution is -2.09. The van der Waals surface area contributed by atoms with Crippen molar-refractivity contribution in [3.63, 3.8) is 0 Å². The molecule has 0 unspecified atom stereocenters. The molecular weight excluding hydrogens is 288 g/mol. The smallest absolute Gasteiger partial charge is 0.248 e. The number of halogens is 2. The third-order valence-electron chi connectivity index (χ3n) is 3.14. The highest BCUT2D eigenvalue weighted by molar-refractivity contribution is 6.02. The molecule has 2 rings (SSSR count). The van der Waals surface area contributed by atoms with Crippen LogP contribution in [-0.4, -0.2) is 11.0 Å². The number of hydrogen-bond acceptors (Lipinski definition) is 2. The molecule has 114 valence electrons. The lowest BCUT2D eigenvalue weighted by atomic mass is 10.1. The molecule has 0 heterocycles. The molecule has 1 amide bonds. The van der Waals surface area contributed by atoms with E-state index >= 15 is 0 Å². The molecular formula is C17H15F2NO2. The molecule has 0 atom stereocenters. The first kappa shape index (κ1) is 15.9. The molecule has 0 bridgehead atoms. The number of anilines is 1. The predicted molar refractivity (Wildman–Crippen MR) is 81.1 cm³/mol. The van der Waals surface area contributed by atoms with E-state index in [2.05, 4.69) is 5.32 Å². The molecule has 0 saturated heterocycles. The van der Waals surface area contributed by atoms with Crippen LogP contribution < -0.4 is 5.32 Å². The highest BCUT2D eigenvalue weighted by atomic mass is 19.1. The Hall–Kier alpha value is -2.53. The van der Waals surface area contributed by atoms with Gasteiger partial charge < -0.3 is 10.4 Å². The summed E-state index contributed by atoms with van der Waals surface area (Å²) >= 11 is 0. The van der Waals surface area contributed by atoms with Gasteiger partial charge in [0, 0.05) is 17.3 Å². The Morgan fingerprint density at radius 1 is 1.23 bits per heavy atom. The average Bonchev–Trinajstić information content (AvgIpc) is 2.49. The monoisotopic (exact) mass is 303 g/mol. The zero-order valence-electron chi connectivity index (χ0n) is 11.9. The van der Waals surface area contributed by atoms with Gasteiger partial charge in [-0.2, -0.15) is 0 Å². The summed E-state index contributed by atoms with van der Waals surface area (Å²) in [6.07, 6.45) is 2.15. The fourth-order valence-corrected chi connectivity index (χ4v) is 1.91. The maximum Gasteiger partial charge on any atom is 0.248 e. The van der Waals surface area contributed by atoms with Gasteiger partial charge in [0.15, 0.2) is 0 Å². The Bertz CT molecular complexity index is 706. The number of amides is 1. The van der Waals surface area contributed by atoms with Gasteiger partial charge in [-0.25, -0.2) is 8.78 Å². The maximum atomic E-state index is 13.4. The van der Waals surface area contributed by atoms with Crippen LogP contribution in [0.15, 0.2) is 42.5 Å². The molecule has 3 nitrogen and oxygen atoms in total. The number of rotatable bonds is 4. The molecule has 0 aliphatic carbocycles. The second-order valence-corrected chi connectivity index (χ2v) is 4.77. The van der Waals surface area contributed by atoms with E-state index in [4.69, 9.17) is 5.11 Å². The van der Waals surface area contributed by atoms with E-state index in [0.29, 0.717) is 11.3 Å². The van der Waals surface area contributed by atoms with Gasteiger partial charge >= 0.3 is 0 Å². The molecule has 0 spiro atoms. The molecule has 5 heteroatoms. The number of carbonyl (C=O) groups excluding carboxylic acids is 1. The summed E-state index contributed by atoms with van der Waals surface area (Å²) in [4.78, 5) is 11.9. The molecule has 0 aliphatic rings. The van der Waals surface area contributed by atoms with Crippen LogP contribution in [0.1, 0.15) is 16.7 Å². The van der Waals surface area contributed by atoms with E-state index in [-0.39, 0.29) is 12.2 Å². The quantitative estimate of drug-likeness (QED) is 0.850. The summed E-state index contributed by atoms with van der Waals surface area (Å²) in [5, 5.41) is 11.7. The van der Waals surface area contributed by atoms with E-state index in [9.17, 15) is 13.6 Å². The number of aryl methyl sites for hydroxylation is 1. The maximum absolute atomic E-state index is 13.4. The summed E-state index contributed by atoms with van der Waals surface area (Å²) in [6.45, 7) is 1.66. The van der Waals surface area contributed by atoms with Crippen LogP contribution in [0.4, 0.5) is 14.5 Å². The Morgan fingerprint density at radius 3 is 2.55 bits per heavy atom. The van der Waals surface area contributed by atoms with Gasteiger partial charge in [-0.1, -0.05) is 18.2 Å². The van der Waals surface area contributed by atoms with Crippen molar-refractivity contribution in [2.75, 3.05) is 5.32 Å². The first-order chi connectivity index (χ1) is 10.5. The van der Waals surface area contributed by atoms with Crippen molar-refractivity contribution in [3.05, 3.63) is 70.8 Å². The molecule has 0 aliphatic heterocycles. The minimum atomic E-state index is -0.734. The number of hydrogen-bond donors (Lipinski definition) is 2. The molecule has 2 N–H and O–H groups in total. The summed E-state index contributed by atoms with van der Waals surface area (Å²) in [5.41, 5.74) is 1.75. The van der Waals surface area contributed by atoms with Crippen LogP contribution in [0, 0.1) is 18.6 Å². The van der Waals surface area contributed by atoms with Crippen molar-refractivity contribution in [2.45, 2.75) is 13.5 Å². The standard InChI is InChI=1S/C17H15F2NO2/c1-11-5-6-12(10-21)9-16(11)20-17(22)8-7-13-14(18)3-2-4-15(13)19/h2-9,21H,10H2,1H3,(H,20,22)/b8-7+. The van der Waals surface area contributed by atoms with Gasteiger partial charge in [0.1, 0.15) is 11.6 Å². The Balaban J connectivity index is 2.15. The Morgan fingerprint density at radius 2 is 1.91 bits per heavy atom. The first-order valence-corrected chi connectivity index (χ1v) is 6.64. The highest BCUT2D eigenvalue weighted by Gasteiger charge is 2.06. The molecule has 0 saturated carbocycles. The topological polar surface area (TPSA) is 49.3 Å². The molecule has 0 fully saturated rings. The largest absolute Gasteiger partial charge is 0.392 e. The minimum Gasteiger partial charge on any atom is -0.392 e. The van der Waals surface area contributed by atoms with E-state index in [1.807, 2.05) is 0 Å². The number of aliphatic hydroxyl groups excluding tert-OH is 1. The average molecular weight is 303 g/mol. The van der Waals surface area contributed by atoms with Crippen molar-refractivity contribution in [1.29, 1.82) is 0 Å². The van der Waals surface area contributed by atoms with Gasteiger partial charge in [0.2, 0.25) is 5.91 Å². The molecule has 0 radical (unpaired) electrons. The van der Waals surface area contributed by atoms with Crippen molar-refractivity contribution in [3.8, 4) is 0 Å². The zero-order valence-corrected chi connectivity index (χ0v) is 11.9. The fraction of sp³-hybridized carbons (Fsp3) is 0.118.